The highest BCUT2D eigenvalue weighted by Crippen LogP contribution is 2.21. The van der Waals surface area contributed by atoms with Crippen LogP contribution in [0.3, 0.4) is 0 Å². The Kier molecular flexibility index (Phi) is 8.00. The molecule has 0 atom stereocenters. The van der Waals surface area contributed by atoms with Crippen LogP contribution in [0.25, 0.3) is 0 Å². The molecule has 0 unspecified atom stereocenters. The lowest BCUT2D eigenvalue weighted by Gasteiger charge is -2.03. The maximum atomic E-state index is 11.1. The van der Waals surface area contributed by atoms with Crippen molar-refractivity contribution in [2.45, 2.75) is 36.9 Å². The molecule has 7 heteroatoms. The maximum Gasteiger partial charge on any atom is 0.333 e. The van der Waals surface area contributed by atoms with Gasteiger partial charge in [-0.15, -0.1) is 0 Å². The molecule has 0 saturated carbocycles. The summed E-state index contributed by atoms with van der Waals surface area (Å²) in [6.45, 7) is 5.68. The van der Waals surface area contributed by atoms with E-state index in [1.165, 1.54) is 11.3 Å². The first kappa shape index (κ1) is 16.4. The van der Waals surface area contributed by atoms with Crippen molar-refractivity contribution in [3.63, 3.8) is 0 Å². The fraction of sp³-hybridized carbons (Fsp3) is 0.583. The standard InChI is InChI=1S/C12H18N2O2S3/c1-9(2)10(15)16-7-5-3-4-6-8-18-12-14-13-11(17)19-12/h1,3-8H2,2H3,(H,13,17). The van der Waals surface area contributed by atoms with Gasteiger partial charge in [-0.3, -0.25) is 5.10 Å². The van der Waals surface area contributed by atoms with E-state index in [0.717, 1.165) is 39.7 Å². The minimum absolute atomic E-state index is 0.296. The molecule has 106 valence electrons. The molecule has 4 nitrogen and oxygen atoms in total. The lowest BCUT2D eigenvalue weighted by molar-refractivity contribution is -0.139. The third kappa shape index (κ3) is 7.49. The van der Waals surface area contributed by atoms with Gasteiger partial charge in [0.05, 0.1) is 6.61 Å². The van der Waals surface area contributed by atoms with Crippen LogP contribution in [0.15, 0.2) is 16.5 Å². The van der Waals surface area contributed by atoms with Crippen molar-refractivity contribution < 1.29 is 9.53 Å². The molecule has 1 rings (SSSR count). The van der Waals surface area contributed by atoms with Gasteiger partial charge in [0.1, 0.15) is 0 Å². The Morgan fingerprint density at radius 3 is 2.84 bits per heavy atom. The van der Waals surface area contributed by atoms with Gasteiger partial charge in [-0.05, 0) is 32.0 Å². The molecule has 1 aromatic rings. The van der Waals surface area contributed by atoms with Crippen LogP contribution >= 0.6 is 35.3 Å². The highest BCUT2D eigenvalue weighted by molar-refractivity contribution is 8.01. The number of ether oxygens (including phenoxy) is 1. The van der Waals surface area contributed by atoms with E-state index in [0.29, 0.717) is 12.2 Å². The fourth-order valence-electron chi connectivity index (χ4n) is 1.28. The first-order valence-corrected chi connectivity index (χ1v) is 8.31. The smallest absolute Gasteiger partial charge is 0.333 e. The van der Waals surface area contributed by atoms with Crippen molar-refractivity contribution in [3.05, 3.63) is 16.1 Å². The van der Waals surface area contributed by atoms with Gasteiger partial charge >= 0.3 is 5.97 Å². The second kappa shape index (κ2) is 9.28. The van der Waals surface area contributed by atoms with Gasteiger partial charge in [-0.1, -0.05) is 42.5 Å². The van der Waals surface area contributed by atoms with E-state index in [1.54, 1.807) is 18.7 Å². The van der Waals surface area contributed by atoms with Crippen LogP contribution in [-0.4, -0.2) is 28.5 Å². The molecule has 19 heavy (non-hydrogen) atoms. The van der Waals surface area contributed by atoms with Crippen LogP contribution in [0.4, 0.5) is 0 Å². The van der Waals surface area contributed by atoms with Crippen molar-refractivity contribution in [1.29, 1.82) is 0 Å². The molecule has 1 heterocycles. The molecular formula is C12H18N2O2S3. The molecule has 0 amide bonds. The number of carbonyl (C=O) groups excluding carboxylic acids is 1. The SMILES string of the molecule is C=C(C)C(=O)OCCCCCCSc1n[nH]c(=S)s1. The fourth-order valence-corrected chi connectivity index (χ4v) is 3.43. The molecule has 0 fully saturated rings. The third-order valence-corrected chi connectivity index (χ3v) is 4.58. The van der Waals surface area contributed by atoms with Gasteiger partial charge in [0, 0.05) is 11.3 Å². The summed E-state index contributed by atoms with van der Waals surface area (Å²) in [7, 11) is 0. The van der Waals surface area contributed by atoms with Crippen molar-refractivity contribution >= 4 is 41.3 Å². The molecule has 1 N–H and O–H groups in total. The Morgan fingerprint density at radius 1 is 1.47 bits per heavy atom. The lowest BCUT2D eigenvalue weighted by atomic mass is 10.2. The molecule has 0 radical (unpaired) electrons. The summed E-state index contributed by atoms with van der Waals surface area (Å²) in [6, 6.07) is 0. The van der Waals surface area contributed by atoms with E-state index in [1.807, 2.05) is 0 Å². The lowest BCUT2D eigenvalue weighted by Crippen LogP contribution is -2.06. The summed E-state index contributed by atoms with van der Waals surface area (Å²) in [6.07, 6.45) is 4.24. The van der Waals surface area contributed by atoms with Crippen LogP contribution < -0.4 is 0 Å². The first-order chi connectivity index (χ1) is 9.09. The predicted molar refractivity (Wildman–Crippen MR) is 82.3 cm³/mol. The number of esters is 1. The van der Waals surface area contributed by atoms with E-state index >= 15 is 0 Å². The summed E-state index contributed by atoms with van der Waals surface area (Å²) in [5.74, 6) is 0.747. The number of hydrogen-bond acceptors (Lipinski definition) is 6. The van der Waals surface area contributed by atoms with Gasteiger partial charge in [0.15, 0.2) is 8.29 Å². The van der Waals surface area contributed by atoms with Crippen molar-refractivity contribution in [1.82, 2.24) is 10.2 Å². The monoisotopic (exact) mass is 318 g/mol. The van der Waals surface area contributed by atoms with E-state index in [4.69, 9.17) is 17.0 Å². The molecule has 0 aliphatic heterocycles. The maximum absolute atomic E-state index is 11.1. The number of rotatable bonds is 9. The zero-order valence-corrected chi connectivity index (χ0v) is 13.4. The molecule has 0 spiro atoms. The number of unbranched alkanes of at least 4 members (excludes halogenated alkanes) is 3. The second-order valence-corrected chi connectivity index (χ2v) is 7.07. The molecule has 0 bridgehead atoms. The number of carbonyl (C=O) groups is 1. The number of thioether (sulfide) groups is 1. The van der Waals surface area contributed by atoms with Crippen LogP contribution in [0.5, 0.6) is 0 Å². The molecule has 0 aromatic carbocycles. The van der Waals surface area contributed by atoms with Crippen molar-refractivity contribution in [3.8, 4) is 0 Å². The number of nitrogens with zero attached hydrogens (tertiary/aromatic N) is 1. The summed E-state index contributed by atoms with van der Waals surface area (Å²) in [5.41, 5.74) is 0.456. The Bertz CT molecular complexity index is 468. The van der Waals surface area contributed by atoms with Crippen molar-refractivity contribution in [2.24, 2.45) is 0 Å². The highest BCUT2D eigenvalue weighted by Gasteiger charge is 2.02. The zero-order valence-electron chi connectivity index (χ0n) is 10.9. The quantitative estimate of drug-likeness (QED) is 0.245. The molecular weight excluding hydrogens is 300 g/mol. The number of hydrogen-bond donors (Lipinski definition) is 1. The average Bonchev–Trinajstić information content (AvgIpc) is 2.78. The van der Waals surface area contributed by atoms with E-state index in [2.05, 4.69) is 16.8 Å². The highest BCUT2D eigenvalue weighted by atomic mass is 32.2. The molecule has 0 saturated heterocycles. The van der Waals surface area contributed by atoms with Crippen molar-refractivity contribution in [2.75, 3.05) is 12.4 Å². The largest absolute Gasteiger partial charge is 0.462 e. The number of aromatic nitrogens is 2. The Hall–Kier alpha value is -0.660. The van der Waals surface area contributed by atoms with E-state index < -0.39 is 0 Å². The van der Waals surface area contributed by atoms with Gasteiger partial charge < -0.3 is 4.74 Å². The van der Waals surface area contributed by atoms with Crippen LogP contribution in [-0.2, 0) is 9.53 Å². The summed E-state index contributed by atoms with van der Waals surface area (Å²) < 4.78 is 6.74. The minimum Gasteiger partial charge on any atom is -0.462 e. The third-order valence-electron chi connectivity index (χ3n) is 2.26. The number of aromatic amines is 1. The van der Waals surface area contributed by atoms with Gasteiger partial charge in [-0.25, -0.2) is 4.79 Å². The summed E-state index contributed by atoms with van der Waals surface area (Å²) >= 11 is 8.20. The minimum atomic E-state index is -0.296. The van der Waals surface area contributed by atoms with Crippen LogP contribution in [0.2, 0.25) is 0 Å². The Morgan fingerprint density at radius 2 is 2.21 bits per heavy atom. The second-order valence-electron chi connectivity index (χ2n) is 4.06. The van der Waals surface area contributed by atoms with Crippen LogP contribution in [0, 0.1) is 3.95 Å². The molecule has 0 aliphatic carbocycles. The number of nitrogens with one attached hydrogen (secondary N) is 1. The zero-order chi connectivity index (χ0) is 14.1. The van der Waals surface area contributed by atoms with Gasteiger partial charge in [-0.2, -0.15) is 5.10 Å². The van der Waals surface area contributed by atoms with E-state index in [9.17, 15) is 4.79 Å². The Balaban J connectivity index is 1.93. The normalized spacial score (nSPS) is 10.4. The average molecular weight is 318 g/mol. The topological polar surface area (TPSA) is 55.0 Å². The van der Waals surface area contributed by atoms with Gasteiger partial charge in [0.2, 0.25) is 0 Å². The van der Waals surface area contributed by atoms with Crippen LogP contribution in [0.1, 0.15) is 32.6 Å². The molecule has 0 aliphatic rings. The van der Waals surface area contributed by atoms with E-state index in [-0.39, 0.29) is 5.97 Å². The first-order valence-electron chi connectivity index (χ1n) is 6.10. The number of H-pyrrole nitrogens is 1. The van der Waals surface area contributed by atoms with Gasteiger partial charge in [0.25, 0.3) is 0 Å². The summed E-state index contributed by atoms with van der Waals surface area (Å²) in [4.78, 5) is 11.1. The Labute approximate surface area is 126 Å². The predicted octanol–water partition coefficient (Wildman–Crippen LogP) is 3.97. The summed E-state index contributed by atoms with van der Waals surface area (Å²) in [5, 5.41) is 6.85. The molecule has 1 aromatic heterocycles.